The normalized spacial score (nSPS) is 11.5. The van der Waals surface area contributed by atoms with Crippen LogP contribution in [-0.4, -0.2) is 11.9 Å². The summed E-state index contributed by atoms with van der Waals surface area (Å²) >= 11 is 0. The molecule has 84 valence electrons. The van der Waals surface area contributed by atoms with E-state index >= 15 is 0 Å². The van der Waals surface area contributed by atoms with Crippen LogP contribution < -0.4 is 11.1 Å². The third-order valence-corrected chi connectivity index (χ3v) is 2.14. The van der Waals surface area contributed by atoms with Crippen LogP contribution in [0.1, 0.15) is 18.1 Å². The number of carbonyl (C=O) groups excluding carboxylic acids is 1. The van der Waals surface area contributed by atoms with E-state index in [4.69, 9.17) is 5.73 Å². The first-order valence-corrected chi connectivity index (χ1v) is 4.65. The Morgan fingerprint density at radius 2 is 1.80 bits per heavy atom. The van der Waals surface area contributed by atoms with Gasteiger partial charge in [0, 0.05) is 5.69 Å². The van der Waals surface area contributed by atoms with Gasteiger partial charge in [0.2, 0.25) is 5.91 Å². The maximum absolute atomic E-state index is 11.4. The van der Waals surface area contributed by atoms with E-state index in [1.807, 2.05) is 32.0 Å². The molecular weight excluding hydrogens is 212 g/mol. The van der Waals surface area contributed by atoms with Gasteiger partial charge in [0.25, 0.3) is 0 Å². The highest BCUT2D eigenvalue weighted by Crippen LogP contribution is 2.19. The molecule has 0 radical (unpaired) electrons. The minimum absolute atomic E-state index is 0. The Hall–Kier alpha value is -1.06. The number of anilines is 1. The second-order valence-corrected chi connectivity index (χ2v) is 3.54. The zero-order valence-corrected chi connectivity index (χ0v) is 10.0. The molecule has 0 aliphatic rings. The van der Waals surface area contributed by atoms with E-state index in [-0.39, 0.29) is 18.3 Å². The van der Waals surface area contributed by atoms with Crippen LogP contribution in [0.5, 0.6) is 0 Å². The fourth-order valence-electron chi connectivity index (χ4n) is 1.25. The summed E-state index contributed by atoms with van der Waals surface area (Å²) in [6, 6.07) is 5.41. The monoisotopic (exact) mass is 228 g/mol. The lowest BCUT2D eigenvalue weighted by Crippen LogP contribution is -2.32. The Balaban J connectivity index is 0.00000196. The topological polar surface area (TPSA) is 55.1 Å². The fraction of sp³-hybridized carbons (Fsp3) is 0.364. The molecule has 1 rings (SSSR count). The Labute approximate surface area is 96.5 Å². The van der Waals surface area contributed by atoms with Crippen molar-refractivity contribution in [3.05, 3.63) is 29.3 Å². The number of aryl methyl sites for hydroxylation is 2. The lowest BCUT2D eigenvalue weighted by molar-refractivity contribution is -0.117. The molecule has 0 aliphatic heterocycles. The van der Waals surface area contributed by atoms with Crippen molar-refractivity contribution >= 4 is 24.0 Å². The smallest absolute Gasteiger partial charge is 0.241 e. The van der Waals surface area contributed by atoms with Crippen LogP contribution in [0.4, 0.5) is 5.69 Å². The summed E-state index contributed by atoms with van der Waals surface area (Å²) in [6.07, 6.45) is 0. The van der Waals surface area contributed by atoms with Crippen LogP contribution >= 0.6 is 12.4 Å². The predicted octanol–water partition coefficient (Wildman–Crippen LogP) is 2.01. The van der Waals surface area contributed by atoms with E-state index < -0.39 is 6.04 Å². The average molecular weight is 229 g/mol. The molecule has 0 saturated heterocycles. The number of hydrogen-bond acceptors (Lipinski definition) is 2. The SMILES string of the molecule is Cc1cccc(C)c1NC(=O)[C@@H](C)N.Cl. The maximum atomic E-state index is 11.4. The van der Waals surface area contributed by atoms with Crippen molar-refractivity contribution in [3.63, 3.8) is 0 Å². The molecular formula is C11H17ClN2O. The number of benzene rings is 1. The van der Waals surface area contributed by atoms with Crippen LogP contribution in [0.3, 0.4) is 0 Å². The number of amides is 1. The van der Waals surface area contributed by atoms with E-state index in [9.17, 15) is 4.79 Å². The molecule has 1 amide bonds. The van der Waals surface area contributed by atoms with Crippen molar-refractivity contribution in [1.29, 1.82) is 0 Å². The zero-order chi connectivity index (χ0) is 10.7. The molecule has 0 spiro atoms. The van der Waals surface area contributed by atoms with Gasteiger partial charge in [0.15, 0.2) is 0 Å². The van der Waals surface area contributed by atoms with Gasteiger partial charge in [-0.15, -0.1) is 12.4 Å². The van der Waals surface area contributed by atoms with Crippen LogP contribution in [0, 0.1) is 13.8 Å². The third kappa shape index (κ3) is 3.53. The molecule has 4 heteroatoms. The first-order chi connectivity index (χ1) is 6.52. The molecule has 0 bridgehead atoms. The van der Waals surface area contributed by atoms with Gasteiger partial charge < -0.3 is 11.1 Å². The molecule has 1 atom stereocenters. The van der Waals surface area contributed by atoms with Gasteiger partial charge in [-0.05, 0) is 31.9 Å². The van der Waals surface area contributed by atoms with E-state index in [0.717, 1.165) is 16.8 Å². The van der Waals surface area contributed by atoms with E-state index in [2.05, 4.69) is 5.32 Å². The number of hydrogen-bond donors (Lipinski definition) is 2. The van der Waals surface area contributed by atoms with Crippen molar-refractivity contribution in [2.24, 2.45) is 5.73 Å². The average Bonchev–Trinajstić information content (AvgIpc) is 2.11. The van der Waals surface area contributed by atoms with E-state index in [0.29, 0.717) is 0 Å². The number of carbonyl (C=O) groups is 1. The predicted molar refractivity (Wildman–Crippen MR) is 65.4 cm³/mol. The third-order valence-electron chi connectivity index (χ3n) is 2.14. The van der Waals surface area contributed by atoms with Crippen molar-refractivity contribution < 1.29 is 4.79 Å². The van der Waals surface area contributed by atoms with E-state index in [1.54, 1.807) is 6.92 Å². The number of rotatable bonds is 2. The van der Waals surface area contributed by atoms with Gasteiger partial charge in [-0.3, -0.25) is 4.79 Å². The van der Waals surface area contributed by atoms with Crippen LogP contribution in [0.25, 0.3) is 0 Å². The second-order valence-electron chi connectivity index (χ2n) is 3.54. The van der Waals surface area contributed by atoms with Gasteiger partial charge in [-0.2, -0.15) is 0 Å². The molecule has 3 nitrogen and oxygen atoms in total. The molecule has 3 N–H and O–H groups in total. The van der Waals surface area contributed by atoms with Gasteiger partial charge in [-0.25, -0.2) is 0 Å². The minimum atomic E-state index is -0.478. The number of nitrogens with two attached hydrogens (primary N) is 1. The van der Waals surface area contributed by atoms with Crippen LogP contribution in [0.15, 0.2) is 18.2 Å². The van der Waals surface area contributed by atoms with Gasteiger partial charge in [0.1, 0.15) is 0 Å². The summed E-state index contributed by atoms with van der Waals surface area (Å²) in [5, 5.41) is 2.81. The summed E-state index contributed by atoms with van der Waals surface area (Å²) in [5.41, 5.74) is 8.45. The molecule has 1 aromatic carbocycles. The molecule has 0 unspecified atom stereocenters. The zero-order valence-electron chi connectivity index (χ0n) is 9.20. The summed E-state index contributed by atoms with van der Waals surface area (Å²) in [5.74, 6) is -0.151. The Kier molecular flexibility index (Phi) is 5.33. The molecule has 0 aromatic heterocycles. The van der Waals surface area contributed by atoms with Crippen molar-refractivity contribution in [2.45, 2.75) is 26.8 Å². The molecule has 15 heavy (non-hydrogen) atoms. The van der Waals surface area contributed by atoms with Crippen molar-refractivity contribution in [2.75, 3.05) is 5.32 Å². The molecule has 0 heterocycles. The first kappa shape index (κ1) is 13.9. The highest BCUT2D eigenvalue weighted by atomic mass is 35.5. The lowest BCUT2D eigenvalue weighted by atomic mass is 10.1. The van der Waals surface area contributed by atoms with E-state index in [1.165, 1.54) is 0 Å². The number of nitrogens with one attached hydrogen (secondary N) is 1. The summed E-state index contributed by atoms with van der Waals surface area (Å²) in [6.45, 7) is 5.59. The van der Waals surface area contributed by atoms with Crippen molar-refractivity contribution in [1.82, 2.24) is 0 Å². The van der Waals surface area contributed by atoms with Crippen molar-refractivity contribution in [3.8, 4) is 0 Å². The molecule has 1 aromatic rings. The maximum Gasteiger partial charge on any atom is 0.241 e. The highest BCUT2D eigenvalue weighted by Gasteiger charge is 2.10. The Morgan fingerprint density at radius 3 is 2.20 bits per heavy atom. The summed E-state index contributed by atoms with van der Waals surface area (Å²) < 4.78 is 0. The van der Waals surface area contributed by atoms with Gasteiger partial charge >= 0.3 is 0 Å². The van der Waals surface area contributed by atoms with Crippen LogP contribution in [0.2, 0.25) is 0 Å². The fourth-order valence-corrected chi connectivity index (χ4v) is 1.25. The molecule has 0 saturated carbocycles. The van der Waals surface area contributed by atoms with Crippen LogP contribution in [-0.2, 0) is 4.79 Å². The first-order valence-electron chi connectivity index (χ1n) is 4.65. The number of para-hydroxylation sites is 1. The lowest BCUT2D eigenvalue weighted by Gasteiger charge is -2.12. The Bertz CT molecular complexity index is 330. The minimum Gasteiger partial charge on any atom is -0.324 e. The number of halogens is 1. The van der Waals surface area contributed by atoms with Gasteiger partial charge in [-0.1, -0.05) is 18.2 Å². The summed E-state index contributed by atoms with van der Waals surface area (Å²) in [4.78, 5) is 11.4. The Morgan fingerprint density at radius 1 is 1.33 bits per heavy atom. The molecule has 0 fully saturated rings. The largest absolute Gasteiger partial charge is 0.324 e. The molecule has 0 aliphatic carbocycles. The highest BCUT2D eigenvalue weighted by molar-refractivity contribution is 5.95. The second kappa shape index (κ2) is 5.73. The summed E-state index contributed by atoms with van der Waals surface area (Å²) in [7, 11) is 0. The van der Waals surface area contributed by atoms with Gasteiger partial charge in [0.05, 0.1) is 6.04 Å². The quantitative estimate of drug-likeness (QED) is 0.814. The standard InChI is InChI=1S/C11H16N2O.ClH/c1-7-5-4-6-8(2)10(7)13-11(14)9(3)12;/h4-6,9H,12H2,1-3H3,(H,13,14);1H/t9-;/m1./s1.